The molecular formula is C26H25P. The Balaban J connectivity index is 2.18. The molecule has 4 aromatic carbocycles. The maximum atomic E-state index is 2.41. The summed E-state index contributed by atoms with van der Waals surface area (Å²) in [6, 6.07) is 40.2. The molecule has 134 valence electrons. The van der Waals surface area contributed by atoms with Crippen LogP contribution in [0.2, 0.25) is 0 Å². The quantitative estimate of drug-likeness (QED) is 0.460. The van der Waals surface area contributed by atoms with Gasteiger partial charge in [-0.25, -0.2) is 0 Å². The van der Waals surface area contributed by atoms with Gasteiger partial charge in [-0.3, -0.25) is 0 Å². The van der Waals surface area contributed by atoms with Crippen molar-refractivity contribution in [1.82, 2.24) is 0 Å². The van der Waals surface area contributed by atoms with Crippen LogP contribution in [-0.4, -0.2) is 0 Å². The second kappa shape index (κ2) is 7.51. The zero-order chi connectivity index (χ0) is 18.7. The predicted octanol–water partition coefficient (Wildman–Crippen LogP) is 4.66. The number of rotatable bonds is 4. The third kappa shape index (κ3) is 3.11. The minimum absolute atomic E-state index is 1.32. The molecule has 0 bridgehead atoms. The van der Waals surface area contributed by atoms with Crippen molar-refractivity contribution in [3.63, 3.8) is 0 Å². The van der Waals surface area contributed by atoms with Crippen LogP contribution in [0.4, 0.5) is 0 Å². The Morgan fingerprint density at radius 1 is 0.481 bits per heavy atom. The molecule has 0 nitrogen and oxygen atoms in total. The topological polar surface area (TPSA) is 0 Å². The molecule has 0 aliphatic rings. The van der Waals surface area contributed by atoms with Crippen LogP contribution in [0.1, 0.15) is 11.1 Å². The summed E-state index contributed by atoms with van der Waals surface area (Å²) in [4.78, 5) is 0. The average Bonchev–Trinajstić information content (AvgIpc) is 2.73. The van der Waals surface area contributed by atoms with Crippen molar-refractivity contribution in [2.45, 2.75) is 13.8 Å². The molecule has 0 saturated heterocycles. The number of aryl methyl sites for hydroxylation is 2. The van der Waals surface area contributed by atoms with Crippen LogP contribution in [0.3, 0.4) is 0 Å². The molecule has 0 N–H and O–H groups in total. The maximum absolute atomic E-state index is 2.41. The van der Waals surface area contributed by atoms with E-state index in [4.69, 9.17) is 0 Å². The first-order valence-corrected chi connectivity index (χ1v) is 11.5. The van der Waals surface area contributed by atoms with Crippen molar-refractivity contribution in [1.29, 1.82) is 0 Å². The Morgan fingerprint density at radius 2 is 0.889 bits per heavy atom. The van der Waals surface area contributed by atoms with Gasteiger partial charge in [0, 0.05) is 0 Å². The van der Waals surface area contributed by atoms with E-state index in [1.807, 2.05) is 0 Å². The van der Waals surface area contributed by atoms with Gasteiger partial charge in [0.05, 0.1) is 0 Å². The number of hydrogen-bond donors (Lipinski definition) is 0. The van der Waals surface area contributed by atoms with Crippen LogP contribution < -0.4 is 21.2 Å². The van der Waals surface area contributed by atoms with Crippen molar-refractivity contribution < 1.29 is 0 Å². The van der Waals surface area contributed by atoms with E-state index in [9.17, 15) is 0 Å². The molecule has 0 amide bonds. The molecule has 0 fully saturated rings. The minimum atomic E-state index is -2.38. The Bertz CT molecular complexity index is 925. The molecule has 0 unspecified atom stereocenters. The number of benzene rings is 4. The fourth-order valence-electron chi connectivity index (χ4n) is 4.17. The summed E-state index contributed by atoms with van der Waals surface area (Å²) in [5, 5.41) is 5.76. The third-order valence-corrected chi connectivity index (χ3v) is 10.4. The van der Waals surface area contributed by atoms with Crippen LogP contribution in [-0.2, 0) is 0 Å². The van der Waals surface area contributed by atoms with Crippen LogP contribution in [0.25, 0.3) is 0 Å². The molecule has 0 aliphatic heterocycles. The summed E-state index contributed by atoms with van der Waals surface area (Å²) in [6.07, 6.45) is 0. The molecule has 0 heterocycles. The van der Waals surface area contributed by atoms with E-state index in [2.05, 4.69) is 123 Å². The zero-order valence-corrected chi connectivity index (χ0v) is 16.9. The van der Waals surface area contributed by atoms with E-state index >= 15 is 0 Å². The van der Waals surface area contributed by atoms with Gasteiger partial charge in [0.15, 0.2) is 0 Å². The molecule has 0 atom stereocenters. The van der Waals surface area contributed by atoms with Crippen molar-refractivity contribution in [3.8, 4) is 0 Å². The Hall–Kier alpha value is -2.69. The van der Waals surface area contributed by atoms with Gasteiger partial charge in [0.1, 0.15) is 0 Å². The molecule has 4 rings (SSSR count). The van der Waals surface area contributed by atoms with Crippen LogP contribution >= 0.6 is 7.26 Å². The summed E-state index contributed by atoms with van der Waals surface area (Å²) in [7, 11) is -2.38. The molecule has 0 aliphatic carbocycles. The molecule has 1 heteroatoms. The van der Waals surface area contributed by atoms with Gasteiger partial charge in [-0.2, -0.15) is 0 Å². The van der Waals surface area contributed by atoms with Crippen LogP contribution in [0, 0.1) is 13.8 Å². The van der Waals surface area contributed by atoms with Gasteiger partial charge in [0.2, 0.25) is 0 Å². The Kier molecular flexibility index (Phi) is 4.92. The predicted molar refractivity (Wildman–Crippen MR) is 122 cm³/mol. The summed E-state index contributed by atoms with van der Waals surface area (Å²) < 4.78 is 0. The molecule has 0 saturated carbocycles. The normalized spacial score (nSPS) is 11.9. The van der Waals surface area contributed by atoms with Gasteiger partial charge in [-0.15, -0.1) is 0 Å². The first-order chi connectivity index (χ1) is 13.2. The van der Waals surface area contributed by atoms with E-state index in [1.54, 1.807) is 0 Å². The molecule has 4 aromatic rings. The van der Waals surface area contributed by atoms with E-state index in [1.165, 1.54) is 32.3 Å². The van der Waals surface area contributed by atoms with Gasteiger partial charge in [-0.1, -0.05) is 0 Å². The summed E-state index contributed by atoms with van der Waals surface area (Å²) >= 11 is 0. The van der Waals surface area contributed by atoms with Crippen molar-refractivity contribution >= 4 is 28.5 Å². The van der Waals surface area contributed by atoms with Crippen LogP contribution in [0.15, 0.2) is 109 Å². The monoisotopic (exact) mass is 368 g/mol. The van der Waals surface area contributed by atoms with Gasteiger partial charge in [0.25, 0.3) is 0 Å². The Morgan fingerprint density at radius 3 is 1.30 bits per heavy atom. The Labute approximate surface area is 162 Å². The van der Waals surface area contributed by atoms with E-state index in [-0.39, 0.29) is 0 Å². The first kappa shape index (κ1) is 17.7. The first-order valence-electron chi connectivity index (χ1n) is 9.47. The fourth-order valence-corrected chi connectivity index (χ4v) is 9.30. The standard InChI is InChI=1S/C26H25P/c1-21-18-19-22(2)26(20-21)27(23-12-6-3-7-13-23,24-14-8-4-9-15-24)25-16-10-5-11-17-25/h3-20,27H,1-2H3. The van der Waals surface area contributed by atoms with Crippen molar-refractivity contribution in [3.05, 3.63) is 120 Å². The third-order valence-electron chi connectivity index (χ3n) is 5.42. The molecule has 27 heavy (non-hydrogen) atoms. The van der Waals surface area contributed by atoms with Gasteiger partial charge < -0.3 is 0 Å². The van der Waals surface area contributed by atoms with E-state index < -0.39 is 7.26 Å². The van der Waals surface area contributed by atoms with Crippen molar-refractivity contribution in [2.75, 3.05) is 0 Å². The molecular weight excluding hydrogens is 343 g/mol. The summed E-state index contributed by atoms with van der Waals surface area (Å²) in [6.45, 7) is 4.45. The van der Waals surface area contributed by atoms with Crippen LogP contribution in [0.5, 0.6) is 0 Å². The molecule has 0 aromatic heterocycles. The van der Waals surface area contributed by atoms with Gasteiger partial charge >= 0.3 is 163 Å². The average molecular weight is 368 g/mol. The van der Waals surface area contributed by atoms with Crippen molar-refractivity contribution in [2.24, 2.45) is 0 Å². The second-order valence-electron chi connectivity index (χ2n) is 7.17. The van der Waals surface area contributed by atoms with Gasteiger partial charge in [-0.05, 0) is 0 Å². The fraction of sp³-hybridized carbons (Fsp3) is 0.0769. The molecule has 0 radical (unpaired) electrons. The summed E-state index contributed by atoms with van der Waals surface area (Å²) in [5.41, 5.74) is 2.68. The molecule has 0 spiro atoms. The summed E-state index contributed by atoms with van der Waals surface area (Å²) in [5.74, 6) is 0. The number of hydrogen-bond acceptors (Lipinski definition) is 0. The van der Waals surface area contributed by atoms with E-state index in [0.717, 1.165) is 0 Å². The SMILES string of the molecule is Cc1ccc(C)c([PH](c2ccccc2)(c2ccccc2)c2ccccc2)c1. The zero-order valence-electron chi connectivity index (χ0n) is 15.9. The second-order valence-corrected chi connectivity index (χ2v) is 10.9. The van der Waals surface area contributed by atoms with E-state index in [0.29, 0.717) is 0 Å².